The van der Waals surface area contributed by atoms with Crippen molar-refractivity contribution in [2.45, 2.75) is 31.8 Å². The van der Waals surface area contributed by atoms with Gasteiger partial charge >= 0.3 is 0 Å². The summed E-state index contributed by atoms with van der Waals surface area (Å²) in [4.78, 5) is 14.6. The van der Waals surface area contributed by atoms with Crippen molar-refractivity contribution < 1.29 is 18.7 Å². The fourth-order valence-electron chi connectivity index (χ4n) is 3.82. The van der Waals surface area contributed by atoms with E-state index < -0.39 is 0 Å². The van der Waals surface area contributed by atoms with Gasteiger partial charge < -0.3 is 14.8 Å². The van der Waals surface area contributed by atoms with Crippen LogP contribution in [0.3, 0.4) is 0 Å². The average molecular weight is 384 g/mol. The van der Waals surface area contributed by atoms with Crippen LogP contribution in [-0.2, 0) is 11.3 Å². The molecule has 148 valence electrons. The molecule has 1 N–H and O–H groups in total. The van der Waals surface area contributed by atoms with Crippen molar-refractivity contribution >= 4 is 5.91 Å². The molecule has 5 nitrogen and oxygen atoms in total. The van der Waals surface area contributed by atoms with Crippen LogP contribution in [0.1, 0.15) is 36.4 Å². The highest BCUT2D eigenvalue weighted by Gasteiger charge is 2.28. The van der Waals surface area contributed by atoms with Gasteiger partial charge in [-0.15, -0.1) is 0 Å². The number of rotatable bonds is 5. The Hall–Kier alpha value is -2.60. The Morgan fingerprint density at radius 2 is 1.86 bits per heavy atom. The number of halogens is 1. The quantitative estimate of drug-likeness (QED) is 0.858. The summed E-state index contributed by atoms with van der Waals surface area (Å²) in [5.74, 6) is 1.29. The summed E-state index contributed by atoms with van der Waals surface area (Å²) in [6, 6.07) is 12.5. The summed E-state index contributed by atoms with van der Waals surface area (Å²) in [7, 11) is 0. The standard InChI is InChI=1S/C22H25FN2O3/c23-18-7-4-16(5-8-18)14-24-22(26)15-25-10-1-3-19(25)17-6-9-20-21(13-17)28-12-2-11-27-20/h4-9,13,19H,1-3,10-12,14-15H2,(H,24,26)/t19-/m0/s1. The molecule has 1 atom stereocenters. The predicted octanol–water partition coefficient (Wildman–Crippen LogP) is 3.44. The highest BCUT2D eigenvalue weighted by molar-refractivity contribution is 5.78. The monoisotopic (exact) mass is 384 g/mol. The van der Waals surface area contributed by atoms with Crippen molar-refractivity contribution in [2.75, 3.05) is 26.3 Å². The predicted molar refractivity (Wildman–Crippen MR) is 104 cm³/mol. The Morgan fingerprint density at radius 1 is 1.07 bits per heavy atom. The van der Waals surface area contributed by atoms with Crippen molar-refractivity contribution in [3.05, 3.63) is 59.4 Å². The molecule has 0 saturated carbocycles. The van der Waals surface area contributed by atoms with Crippen LogP contribution in [0.15, 0.2) is 42.5 Å². The molecule has 2 heterocycles. The maximum Gasteiger partial charge on any atom is 0.234 e. The molecule has 1 amide bonds. The number of amides is 1. The van der Waals surface area contributed by atoms with Crippen molar-refractivity contribution in [3.8, 4) is 11.5 Å². The van der Waals surface area contributed by atoms with Gasteiger partial charge in [0.25, 0.3) is 0 Å². The smallest absolute Gasteiger partial charge is 0.234 e. The van der Waals surface area contributed by atoms with Gasteiger partial charge in [-0.05, 0) is 54.8 Å². The van der Waals surface area contributed by atoms with Gasteiger partial charge in [0.1, 0.15) is 5.82 Å². The van der Waals surface area contributed by atoms with E-state index >= 15 is 0 Å². The van der Waals surface area contributed by atoms with Gasteiger partial charge in [-0.3, -0.25) is 9.69 Å². The Labute approximate surface area is 164 Å². The number of hydrogen-bond acceptors (Lipinski definition) is 4. The average Bonchev–Trinajstić information content (AvgIpc) is 3.03. The van der Waals surface area contributed by atoms with Gasteiger partial charge in [-0.1, -0.05) is 18.2 Å². The number of benzene rings is 2. The summed E-state index contributed by atoms with van der Waals surface area (Å²) >= 11 is 0. The highest BCUT2D eigenvalue weighted by Crippen LogP contribution is 2.37. The van der Waals surface area contributed by atoms with Crippen molar-refractivity contribution in [1.82, 2.24) is 10.2 Å². The normalized spacial score (nSPS) is 19.2. The van der Waals surface area contributed by atoms with E-state index in [2.05, 4.69) is 22.3 Å². The molecule has 0 spiro atoms. The van der Waals surface area contributed by atoms with E-state index in [0.29, 0.717) is 26.3 Å². The lowest BCUT2D eigenvalue weighted by Gasteiger charge is -2.25. The van der Waals surface area contributed by atoms with Crippen LogP contribution in [-0.4, -0.2) is 37.1 Å². The van der Waals surface area contributed by atoms with Crippen LogP contribution < -0.4 is 14.8 Å². The van der Waals surface area contributed by atoms with Gasteiger partial charge in [0.15, 0.2) is 11.5 Å². The topological polar surface area (TPSA) is 50.8 Å². The molecule has 28 heavy (non-hydrogen) atoms. The number of ether oxygens (including phenoxy) is 2. The molecule has 6 heteroatoms. The van der Waals surface area contributed by atoms with E-state index in [-0.39, 0.29) is 17.8 Å². The number of fused-ring (bicyclic) bond motifs is 1. The molecule has 2 aliphatic rings. The second-order valence-corrected chi connectivity index (χ2v) is 7.29. The van der Waals surface area contributed by atoms with Crippen LogP contribution in [0.2, 0.25) is 0 Å². The minimum absolute atomic E-state index is 0.0226. The molecule has 2 aromatic rings. The van der Waals surface area contributed by atoms with Crippen molar-refractivity contribution in [3.63, 3.8) is 0 Å². The minimum atomic E-state index is -0.273. The van der Waals surface area contributed by atoms with Crippen LogP contribution in [0.25, 0.3) is 0 Å². The molecule has 1 fully saturated rings. The zero-order valence-corrected chi connectivity index (χ0v) is 15.8. The molecule has 2 aromatic carbocycles. The number of nitrogens with one attached hydrogen (secondary N) is 1. The summed E-state index contributed by atoms with van der Waals surface area (Å²) < 4.78 is 24.5. The van der Waals surface area contributed by atoms with Crippen LogP contribution in [0.5, 0.6) is 11.5 Å². The van der Waals surface area contributed by atoms with E-state index in [4.69, 9.17) is 9.47 Å². The number of carbonyl (C=O) groups excluding carboxylic acids is 1. The van der Waals surface area contributed by atoms with Crippen molar-refractivity contribution in [2.24, 2.45) is 0 Å². The van der Waals surface area contributed by atoms with Gasteiger partial charge in [0, 0.05) is 19.0 Å². The third-order valence-electron chi connectivity index (χ3n) is 5.27. The number of hydrogen-bond donors (Lipinski definition) is 1. The first kappa shape index (κ1) is 18.7. The lowest BCUT2D eigenvalue weighted by atomic mass is 10.0. The zero-order chi connectivity index (χ0) is 19.3. The van der Waals surface area contributed by atoms with Crippen molar-refractivity contribution in [1.29, 1.82) is 0 Å². The molecular formula is C22H25FN2O3. The Kier molecular flexibility index (Phi) is 5.76. The van der Waals surface area contributed by atoms with Crippen LogP contribution in [0.4, 0.5) is 4.39 Å². The maximum atomic E-state index is 13.0. The van der Waals surface area contributed by atoms with Gasteiger partial charge in [0.2, 0.25) is 5.91 Å². The number of likely N-dealkylation sites (tertiary alicyclic amines) is 1. The molecule has 2 aliphatic heterocycles. The van der Waals surface area contributed by atoms with E-state index in [1.165, 1.54) is 12.1 Å². The molecule has 1 saturated heterocycles. The third-order valence-corrected chi connectivity index (χ3v) is 5.27. The van der Waals surface area contributed by atoms with Gasteiger partial charge in [-0.25, -0.2) is 4.39 Å². The first-order valence-corrected chi connectivity index (χ1v) is 9.84. The molecule has 0 aliphatic carbocycles. The molecule has 0 radical (unpaired) electrons. The van der Waals surface area contributed by atoms with Crippen LogP contribution in [0, 0.1) is 5.82 Å². The lowest BCUT2D eigenvalue weighted by Crippen LogP contribution is -2.36. The van der Waals surface area contributed by atoms with E-state index in [0.717, 1.165) is 48.4 Å². The fraction of sp³-hybridized carbons (Fsp3) is 0.409. The molecule has 0 bridgehead atoms. The van der Waals surface area contributed by atoms with E-state index in [9.17, 15) is 9.18 Å². The second-order valence-electron chi connectivity index (χ2n) is 7.29. The van der Waals surface area contributed by atoms with E-state index in [1.807, 2.05) is 6.07 Å². The SMILES string of the molecule is O=C(CN1CCC[C@H]1c1ccc2c(c1)OCCCO2)NCc1ccc(F)cc1. The minimum Gasteiger partial charge on any atom is -0.490 e. The molecule has 0 unspecified atom stereocenters. The van der Waals surface area contributed by atoms with Crippen LogP contribution >= 0.6 is 0 Å². The Morgan fingerprint density at radius 3 is 2.68 bits per heavy atom. The number of nitrogens with zero attached hydrogens (tertiary/aromatic N) is 1. The molecular weight excluding hydrogens is 359 g/mol. The largest absolute Gasteiger partial charge is 0.490 e. The maximum absolute atomic E-state index is 13.0. The number of carbonyl (C=O) groups is 1. The summed E-state index contributed by atoms with van der Waals surface area (Å²) in [6.45, 7) is 2.98. The van der Waals surface area contributed by atoms with Gasteiger partial charge in [-0.2, -0.15) is 0 Å². The fourth-order valence-corrected chi connectivity index (χ4v) is 3.82. The zero-order valence-electron chi connectivity index (χ0n) is 15.8. The van der Waals surface area contributed by atoms with Gasteiger partial charge in [0.05, 0.1) is 19.8 Å². The second kappa shape index (κ2) is 8.61. The lowest BCUT2D eigenvalue weighted by molar-refractivity contribution is -0.122. The first-order valence-electron chi connectivity index (χ1n) is 9.84. The Bertz CT molecular complexity index is 825. The molecule has 4 rings (SSSR count). The third kappa shape index (κ3) is 4.44. The summed E-state index contributed by atoms with van der Waals surface area (Å²) in [6.07, 6.45) is 2.96. The summed E-state index contributed by atoms with van der Waals surface area (Å²) in [5, 5.41) is 2.93. The molecule has 0 aromatic heterocycles. The van der Waals surface area contributed by atoms with E-state index in [1.54, 1.807) is 12.1 Å². The first-order chi connectivity index (χ1) is 13.7. The summed E-state index contributed by atoms with van der Waals surface area (Å²) in [5.41, 5.74) is 2.05. The Balaban J connectivity index is 1.37. The highest BCUT2D eigenvalue weighted by atomic mass is 19.1.